The number of anilines is 1. The van der Waals surface area contributed by atoms with Crippen LogP contribution in [0, 0.1) is 32.2 Å². The number of methoxy groups -OCH3 is 1. The summed E-state index contributed by atoms with van der Waals surface area (Å²) >= 11 is 0. The monoisotopic (exact) mass is 268 g/mol. The van der Waals surface area contributed by atoms with E-state index < -0.39 is 0 Å². The van der Waals surface area contributed by atoms with Gasteiger partial charge in [0.15, 0.2) is 12.0 Å². The number of nitriles is 1. The molecular formula is C15H16N4O. The SMILES string of the molecule is COc1c(C)cc(-c2ccc(NC#N)nn2)c(C)c1C. The first-order valence-corrected chi connectivity index (χ1v) is 6.22. The first-order chi connectivity index (χ1) is 9.58. The van der Waals surface area contributed by atoms with Gasteiger partial charge in [0, 0.05) is 5.56 Å². The number of aromatic nitrogens is 2. The Balaban J connectivity index is 2.50. The number of benzene rings is 1. The fraction of sp³-hybridized carbons (Fsp3) is 0.267. The van der Waals surface area contributed by atoms with E-state index in [9.17, 15) is 0 Å². The topological polar surface area (TPSA) is 70.8 Å². The van der Waals surface area contributed by atoms with Crippen molar-refractivity contribution in [3.8, 4) is 23.2 Å². The summed E-state index contributed by atoms with van der Waals surface area (Å²) in [5.74, 6) is 1.35. The molecule has 0 aliphatic carbocycles. The van der Waals surface area contributed by atoms with Crippen LogP contribution in [0.5, 0.6) is 5.75 Å². The van der Waals surface area contributed by atoms with E-state index in [4.69, 9.17) is 10.00 Å². The summed E-state index contributed by atoms with van der Waals surface area (Å²) in [6, 6.07) is 5.63. The number of rotatable bonds is 3. The molecule has 0 amide bonds. The Kier molecular flexibility index (Phi) is 3.85. The molecule has 5 nitrogen and oxygen atoms in total. The lowest BCUT2D eigenvalue weighted by molar-refractivity contribution is 0.408. The summed E-state index contributed by atoms with van der Waals surface area (Å²) in [6.45, 7) is 6.08. The molecular weight excluding hydrogens is 252 g/mol. The maximum absolute atomic E-state index is 8.54. The third-order valence-corrected chi connectivity index (χ3v) is 3.35. The van der Waals surface area contributed by atoms with Gasteiger partial charge in [-0.3, -0.25) is 5.32 Å². The molecule has 2 rings (SSSR count). The van der Waals surface area contributed by atoms with E-state index in [0.29, 0.717) is 5.82 Å². The molecule has 0 atom stereocenters. The fourth-order valence-electron chi connectivity index (χ4n) is 2.24. The lowest BCUT2D eigenvalue weighted by Gasteiger charge is -2.15. The Hall–Kier alpha value is -2.61. The van der Waals surface area contributed by atoms with E-state index in [1.807, 2.05) is 39.1 Å². The van der Waals surface area contributed by atoms with Gasteiger partial charge in [0.25, 0.3) is 0 Å². The Morgan fingerprint density at radius 2 is 1.90 bits per heavy atom. The van der Waals surface area contributed by atoms with Gasteiger partial charge >= 0.3 is 0 Å². The Morgan fingerprint density at radius 1 is 1.15 bits per heavy atom. The highest BCUT2D eigenvalue weighted by Crippen LogP contribution is 2.33. The average Bonchev–Trinajstić information content (AvgIpc) is 2.45. The number of hydrogen-bond acceptors (Lipinski definition) is 5. The molecule has 0 aliphatic heterocycles. The van der Waals surface area contributed by atoms with E-state index in [1.54, 1.807) is 13.2 Å². The van der Waals surface area contributed by atoms with Crippen molar-refractivity contribution in [3.63, 3.8) is 0 Å². The van der Waals surface area contributed by atoms with Crippen LogP contribution in [0.1, 0.15) is 16.7 Å². The molecule has 20 heavy (non-hydrogen) atoms. The van der Waals surface area contributed by atoms with Crippen molar-refractivity contribution in [2.75, 3.05) is 12.4 Å². The van der Waals surface area contributed by atoms with Gasteiger partial charge in [-0.05, 0) is 55.7 Å². The van der Waals surface area contributed by atoms with Crippen molar-refractivity contribution in [2.24, 2.45) is 0 Å². The molecule has 1 aromatic heterocycles. The van der Waals surface area contributed by atoms with Crippen molar-refractivity contribution in [1.29, 1.82) is 5.26 Å². The molecule has 2 aromatic rings. The molecule has 0 spiro atoms. The molecule has 0 fully saturated rings. The molecule has 0 saturated heterocycles. The first-order valence-electron chi connectivity index (χ1n) is 6.22. The molecule has 0 unspecified atom stereocenters. The van der Waals surface area contributed by atoms with Gasteiger partial charge in [0.2, 0.25) is 0 Å². The van der Waals surface area contributed by atoms with Gasteiger partial charge in [-0.1, -0.05) is 0 Å². The minimum Gasteiger partial charge on any atom is -0.496 e. The second-order valence-electron chi connectivity index (χ2n) is 4.56. The predicted molar refractivity (Wildman–Crippen MR) is 77.5 cm³/mol. The first kappa shape index (κ1) is 13.8. The van der Waals surface area contributed by atoms with Crippen LogP contribution in [0.4, 0.5) is 5.82 Å². The lowest BCUT2D eigenvalue weighted by Crippen LogP contribution is -1.99. The van der Waals surface area contributed by atoms with Crippen molar-refractivity contribution in [1.82, 2.24) is 10.2 Å². The number of ether oxygens (including phenoxy) is 1. The van der Waals surface area contributed by atoms with Crippen LogP contribution >= 0.6 is 0 Å². The van der Waals surface area contributed by atoms with Crippen LogP contribution in [0.25, 0.3) is 11.3 Å². The highest BCUT2D eigenvalue weighted by Gasteiger charge is 2.13. The standard InChI is InChI=1S/C15H16N4O/c1-9-7-12(10(2)11(3)15(9)20-4)13-5-6-14(17-8-16)19-18-13/h5-7H,1-4H3,(H,17,19). The van der Waals surface area contributed by atoms with E-state index in [2.05, 4.69) is 15.5 Å². The normalized spacial score (nSPS) is 9.95. The predicted octanol–water partition coefficient (Wildman–Crippen LogP) is 2.97. The molecule has 1 N–H and O–H groups in total. The second kappa shape index (κ2) is 5.57. The van der Waals surface area contributed by atoms with Gasteiger partial charge in [-0.25, -0.2) is 0 Å². The van der Waals surface area contributed by atoms with Crippen LogP contribution < -0.4 is 10.1 Å². The zero-order valence-corrected chi connectivity index (χ0v) is 12.0. The third-order valence-electron chi connectivity index (χ3n) is 3.35. The van der Waals surface area contributed by atoms with Gasteiger partial charge < -0.3 is 4.74 Å². The van der Waals surface area contributed by atoms with Crippen LogP contribution in [-0.4, -0.2) is 17.3 Å². The van der Waals surface area contributed by atoms with E-state index in [0.717, 1.165) is 33.7 Å². The maximum Gasteiger partial charge on any atom is 0.182 e. The lowest BCUT2D eigenvalue weighted by atomic mass is 9.96. The van der Waals surface area contributed by atoms with E-state index in [1.165, 1.54) is 0 Å². The molecule has 0 bridgehead atoms. The molecule has 102 valence electrons. The highest BCUT2D eigenvalue weighted by atomic mass is 16.5. The summed E-state index contributed by atoms with van der Waals surface area (Å²) in [4.78, 5) is 0. The number of hydrogen-bond donors (Lipinski definition) is 1. The van der Waals surface area contributed by atoms with Crippen LogP contribution in [0.2, 0.25) is 0 Å². The number of nitrogens with zero attached hydrogens (tertiary/aromatic N) is 3. The Morgan fingerprint density at radius 3 is 2.45 bits per heavy atom. The van der Waals surface area contributed by atoms with Crippen molar-refractivity contribution < 1.29 is 4.74 Å². The summed E-state index contributed by atoms with van der Waals surface area (Å²) in [7, 11) is 1.68. The largest absolute Gasteiger partial charge is 0.496 e. The summed E-state index contributed by atoms with van der Waals surface area (Å²) in [5.41, 5.74) is 5.08. The van der Waals surface area contributed by atoms with Crippen molar-refractivity contribution in [3.05, 3.63) is 34.9 Å². The fourth-order valence-corrected chi connectivity index (χ4v) is 2.24. The number of nitrogens with one attached hydrogen (secondary N) is 1. The van der Waals surface area contributed by atoms with Gasteiger partial charge in [-0.15, -0.1) is 10.2 Å². The maximum atomic E-state index is 8.54. The van der Waals surface area contributed by atoms with Crippen LogP contribution in [0.15, 0.2) is 18.2 Å². The molecule has 0 aliphatic rings. The zero-order chi connectivity index (χ0) is 14.7. The highest BCUT2D eigenvalue weighted by molar-refractivity contribution is 5.69. The molecule has 1 heterocycles. The number of aryl methyl sites for hydroxylation is 1. The Bertz CT molecular complexity index is 672. The average molecular weight is 268 g/mol. The van der Waals surface area contributed by atoms with Crippen molar-refractivity contribution in [2.45, 2.75) is 20.8 Å². The van der Waals surface area contributed by atoms with E-state index in [-0.39, 0.29) is 0 Å². The van der Waals surface area contributed by atoms with Crippen LogP contribution in [0.3, 0.4) is 0 Å². The Labute approximate surface area is 118 Å². The molecule has 0 radical (unpaired) electrons. The van der Waals surface area contributed by atoms with Crippen molar-refractivity contribution >= 4 is 5.82 Å². The quantitative estimate of drug-likeness (QED) is 0.684. The summed E-state index contributed by atoms with van der Waals surface area (Å²) in [6.07, 6.45) is 1.82. The van der Waals surface area contributed by atoms with Crippen LogP contribution in [-0.2, 0) is 0 Å². The molecule has 1 aromatic carbocycles. The summed E-state index contributed by atoms with van der Waals surface area (Å²) < 4.78 is 5.42. The van der Waals surface area contributed by atoms with E-state index >= 15 is 0 Å². The van der Waals surface area contributed by atoms with Gasteiger partial charge in [0.1, 0.15) is 5.75 Å². The summed E-state index contributed by atoms with van der Waals surface area (Å²) in [5, 5.41) is 19.1. The second-order valence-corrected chi connectivity index (χ2v) is 4.56. The third kappa shape index (κ3) is 2.41. The zero-order valence-electron chi connectivity index (χ0n) is 12.0. The van der Waals surface area contributed by atoms with Gasteiger partial charge in [-0.2, -0.15) is 5.26 Å². The van der Waals surface area contributed by atoms with Gasteiger partial charge in [0.05, 0.1) is 12.8 Å². The molecule has 0 saturated carbocycles. The minimum absolute atomic E-state index is 0.441. The smallest absolute Gasteiger partial charge is 0.182 e. The molecule has 5 heteroatoms. The minimum atomic E-state index is 0.441.